The van der Waals surface area contributed by atoms with Crippen molar-refractivity contribution in [1.82, 2.24) is 0 Å². The van der Waals surface area contributed by atoms with E-state index in [1.165, 1.54) is 6.92 Å². The zero-order valence-corrected chi connectivity index (χ0v) is 10.7. The molecule has 2 unspecified atom stereocenters. The summed E-state index contributed by atoms with van der Waals surface area (Å²) in [6.07, 6.45) is 0. The molecule has 6 heteroatoms. The lowest BCUT2D eigenvalue weighted by molar-refractivity contribution is -0.194. The second-order valence-electron chi connectivity index (χ2n) is 5.16. The second-order valence-corrected chi connectivity index (χ2v) is 5.16. The van der Waals surface area contributed by atoms with E-state index in [4.69, 9.17) is 0 Å². The van der Waals surface area contributed by atoms with Crippen LogP contribution in [-0.4, -0.2) is 33.2 Å². The number of rotatable bonds is 4. The van der Waals surface area contributed by atoms with Gasteiger partial charge in [-0.15, -0.1) is 0 Å². The molecule has 1 fully saturated rings. The molecule has 0 heterocycles. The summed E-state index contributed by atoms with van der Waals surface area (Å²) >= 11 is 0. The van der Waals surface area contributed by atoms with Gasteiger partial charge in [-0.2, -0.15) is 0 Å². The molecule has 0 bridgehead atoms. The first-order chi connectivity index (χ1) is 9.31. The SMILES string of the molecule is CC1(C(=O)O)[C@H](C(=O)O)C(c2ccccc2)[C@@H]1C(=O)O. The third-order valence-corrected chi connectivity index (χ3v) is 4.19. The highest BCUT2D eigenvalue weighted by Gasteiger charge is 2.69. The van der Waals surface area contributed by atoms with Gasteiger partial charge in [-0.3, -0.25) is 14.4 Å². The molecule has 1 aromatic carbocycles. The van der Waals surface area contributed by atoms with Crippen LogP contribution in [0.4, 0.5) is 0 Å². The van der Waals surface area contributed by atoms with Crippen LogP contribution >= 0.6 is 0 Å². The Hall–Kier alpha value is -2.37. The van der Waals surface area contributed by atoms with Gasteiger partial charge in [0.2, 0.25) is 0 Å². The third-order valence-electron chi connectivity index (χ3n) is 4.19. The molecule has 0 aliphatic heterocycles. The quantitative estimate of drug-likeness (QED) is 0.764. The molecule has 1 aromatic rings. The fourth-order valence-electron chi connectivity index (χ4n) is 3.16. The first-order valence-corrected chi connectivity index (χ1v) is 6.05. The van der Waals surface area contributed by atoms with Crippen molar-refractivity contribution >= 4 is 17.9 Å². The molecular weight excluding hydrogens is 264 g/mol. The number of carboxylic acids is 3. The highest BCUT2D eigenvalue weighted by molar-refractivity contribution is 5.94. The predicted octanol–water partition coefficient (Wildman–Crippen LogP) is 1.28. The highest BCUT2D eigenvalue weighted by Crippen LogP contribution is 2.60. The van der Waals surface area contributed by atoms with E-state index in [0.29, 0.717) is 5.56 Å². The van der Waals surface area contributed by atoms with E-state index >= 15 is 0 Å². The van der Waals surface area contributed by atoms with Gasteiger partial charge >= 0.3 is 17.9 Å². The standard InChI is InChI=1S/C14H14O6/c1-14(13(19)20)9(11(15)16)8(10(14)12(17)18)7-5-3-2-4-6-7/h2-6,8-10H,1H3,(H,15,16)(H,17,18)(H,19,20)/t8?,9-,10+,14?. The van der Waals surface area contributed by atoms with Crippen molar-refractivity contribution in [2.75, 3.05) is 0 Å². The predicted molar refractivity (Wildman–Crippen MR) is 67.2 cm³/mol. The Kier molecular flexibility index (Phi) is 3.25. The van der Waals surface area contributed by atoms with Crippen molar-refractivity contribution in [1.29, 1.82) is 0 Å². The van der Waals surface area contributed by atoms with Gasteiger partial charge in [-0.05, 0) is 12.5 Å². The van der Waals surface area contributed by atoms with E-state index in [2.05, 4.69) is 0 Å². The van der Waals surface area contributed by atoms with Crippen molar-refractivity contribution in [3.8, 4) is 0 Å². The smallest absolute Gasteiger partial charge is 0.311 e. The topological polar surface area (TPSA) is 112 Å². The molecule has 20 heavy (non-hydrogen) atoms. The summed E-state index contributed by atoms with van der Waals surface area (Å²) in [5.74, 6) is -7.34. The highest BCUT2D eigenvalue weighted by atomic mass is 16.4. The first-order valence-electron chi connectivity index (χ1n) is 6.05. The van der Waals surface area contributed by atoms with Gasteiger partial charge in [0.25, 0.3) is 0 Å². The summed E-state index contributed by atoms with van der Waals surface area (Å²) in [6, 6.07) is 8.31. The van der Waals surface area contributed by atoms with E-state index in [1.807, 2.05) is 0 Å². The lowest BCUT2D eigenvalue weighted by Gasteiger charge is -2.53. The van der Waals surface area contributed by atoms with Crippen LogP contribution in [0.2, 0.25) is 0 Å². The molecule has 0 spiro atoms. The minimum absolute atomic E-state index is 0.533. The van der Waals surface area contributed by atoms with Crippen molar-refractivity contribution in [2.45, 2.75) is 12.8 Å². The van der Waals surface area contributed by atoms with E-state index in [9.17, 15) is 29.7 Å². The molecule has 1 saturated carbocycles. The Morgan fingerprint density at radius 2 is 1.40 bits per heavy atom. The van der Waals surface area contributed by atoms with Crippen molar-refractivity contribution in [3.05, 3.63) is 35.9 Å². The van der Waals surface area contributed by atoms with E-state index in [1.54, 1.807) is 30.3 Å². The maximum absolute atomic E-state index is 11.4. The van der Waals surface area contributed by atoms with Crippen LogP contribution in [0, 0.1) is 17.3 Å². The van der Waals surface area contributed by atoms with Crippen LogP contribution in [0.15, 0.2) is 30.3 Å². The molecule has 4 atom stereocenters. The van der Waals surface area contributed by atoms with Crippen LogP contribution in [0.3, 0.4) is 0 Å². The molecule has 1 aliphatic rings. The maximum atomic E-state index is 11.4. The largest absolute Gasteiger partial charge is 0.481 e. The van der Waals surface area contributed by atoms with E-state index < -0.39 is 41.1 Å². The van der Waals surface area contributed by atoms with Crippen LogP contribution < -0.4 is 0 Å². The lowest BCUT2D eigenvalue weighted by atomic mass is 9.45. The first kappa shape index (κ1) is 14.0. The van der Waals surface area contributed by atoms with Gasteiger partial charge in [0.05, 0.1) is 17.3 Å². The summed E-state index contributed by atoms with van der Waals surface area (Å²) in [4.78, 5) is 34.2. The van der Waals surface area contributed by atoms with Crippen LogP contribution in [0.5, 0.6) is 0 Å². The maximum Gasteiger partial charge on any atom is 0.311 e. The van der Waals surface area contributed by atoms with Gasteiger partial charge in [-0.1, -0.05) is 30.3 Å². The summed E-state index contributed by atoms with van der Waals surface area (Å²) in [6.45, 7) is 1.19. The number of benzene rings is 1. The van der Waals surface area contributed by atoms with E-state index in [-0.39, 0.29) is 0 Å². The van der Waals surface area contributed by atoms with E-state index in [0.717, 1.165) is 0 Å². The zero-order chi connectivity index (χ0) is 15.1. The molecule has 3 N–H and O–H groups in total. The van der Waals surface area contributed by atoms with Gasteiger partial charge in [0.15, 0.2) is 0 Å². The number of aliphatic carboxylic acids is 3. The van der Waals surface area contributed by atoms with Crippen LogP contribution in [0.25, 0.3) is 0 Å². The number of carbonyl (C=O) groups is 3. The average Bonchev–Trinajstić information content (AvgIpc) is 2.35. The van der Waals surface area contributed by atoms with Gasteiger partial charge in [0.1, 0.15) is 0 Å². The van der Waals surface area contributed by atoms with Gasteiger partial charge < -0.3 is 15.3 Å². The second kappa shape index (κ2) is 4.63. The molecule has 0 amide bonds. The molecule has 2 rings (SSSR count). The Bertz CT molecular complexity index is 542. The summed E-state index contributed by atoms with van der Waals surface area (Å²) in [7, 11) is 0. The minimum atomic E-state index is -1.81. The Morgan fingerprint density at radius 3 is 1.75 bits per heavy atom. The van der Waals surface area contributed by atoms with Crippen molar-refractivity contribution in [3.63, 3.8) is 0 Å². The lowest BCUT2D eigenvalue weighted by Crippen LogP contribution is -2.63. The Balaban J connectivity index is 2.53. The molecular formula is C14H14O6. The van der Waals surface area contributed by atoms with Gasteiger partial charge in [-0.25, -0.2) is 0 Å². The number of hydrogen-bond donors (Lipinski definition) is 3. The van der Waals surface area contributed by atoms with Crippen molar-refractivity contribution < 1.29 is 29.7 Å². The number of hydrogen-bond acceptors (Lipinski definition) is 3. The Labute approximate surface area is 114 Å². The van der Waals surface area contributed by atoms with Crippen LogP contribution in [-0.2, 0) is 14.4 Å². The fraction of sp³-hybridized carbons (Fsp3) is 0.357. The molecule has 1 aliphatic carbocycles. The zero-order valence-electron chi connectivity index (χ0n) is 10.7. The summed E-state index contributed by atoms with van der Waals surface area (Å²) in [5, 5.41) is 27.9. The third kappa shape index (κ3) is 1.76. The molecule has 6 nitrogen and oxygen atoms in total. The van der Waals surface area contributed by atoms with Gasteiger partial charge in [0, 0.05) is 5.92 Å². The molecule has 0 saturated heterocycles. The fourth-order valence-corrected chi connectivity index (χ4v) is 3.16. The molecule has 106 valence electrons. The summed E-state index contributed by atoms with van der Waals surface area (Å²) < 4.78 is 0. The Morgan fingerprint density at radius 1 is 0.950 bits per heavy atom. The monoisotopic (exact) mass is 278 g/mol. The molecule has 0 radical (unpaired) electrons. The number of carboxylic acid groups (broad SMARTS) is 3. The van der Waals surface area contributed by atoms with Crippen LogP contribution in [0.1, 0.15) is 18.4 Å². The average molecular weight is 278 g/mol. The minimum Gasteiger partial charge on any atom is -0.481 e. The normalized spacial score (nSPS) is 32.1. The molecule has 0 aromatic heterocycles. The summed E-state index contributed by atoms with van der Waals surface area (Å²) in [5.41, 5.74) is -1.27. The van der Waals surface area contributed by atoms with Crippen molar-refractivity contribution in [2.24, 2.45) is 17.3 Å².